The maximum Gasteiger partial charge on any atom is 0.239 e. The topological polar surface area (TPSA) is 53.3 Å². The first-order valence-corrected chi connectivity index (χ1v) is 6.31. The van der Waals surface area contributed by atoms with Crippen LogP contribution in [0.4, 0.5) is 0 Å². The number of aryl methyl sites for hydroxylation is 1. The van der Waals surface area contributed by atoms with E-state index in [0.29, 0.717) is 13.0 Å². The Kier molecular flexibility index (Phi) is 5.37. The van der Waals surface area contributed by atoms with E-state index in [2.05, 4.69) is 0 Å². The smallest absolute Gasteiger partial charge is 0.239 e. The standard InChI is InChI=1S/C15H20N2O2/c1-5-12(9-16)15(18)17(3)10-13-8-11(2)6-7-14(13)19-4/h6-8,12H,5,10H2,1-4H3. The number of nitriles is 1. The van der Waals surface area contributed by atoms with Crippen LogP contribution in [-0.4, -0.2) is 25.0 Å². The van der Waals surface area contributed by atoms with Crippen molar-refractivity contribution in [3.8, 4) is 11.8 Å². The van der Waals surface area contributed by atoms with Crippen LogP contribution < -0.4 is 4.74 Å². The summed E-state index contributed by atoms with van der Waals surface area (Å²) in [6, 6.07) is 7.89. The Morgan fingerprint density at radius 2 is 2.21 bits per heavy atom. The molecule has 0 bridgehead atoms. The third-order valence-corrected chi connectivity index (χ3v) is 3.08. The second-order valence-corrected chi connectivity index (χ2v) is 4.60. The lowest BCUT2D eigenvalue weighted by atomic mass is 10.1. The molecule has 0 fully saturated rings. The van der Waals surface area contributed by atoms with Crippen LogP contribution in [-0.2, 0) is 11.3 Å². The number of benzene rings is 1. The fourth-order valence-corrected chi connectivity index (χ4v) is 1.95. The Morgan fingerprint density at radius 1 is 1.53 bits per heavy atom. The Balaban J connectivity index is 2.88. The number of carbonyl (C=O) groups excluding carboxylic acids is 1. The van der Waals surface area contributed by atoms with Gasteiger partial charge in [0, 0.05) is 19.2 Å². The summed E-state index contributed by atoms with van der Waals surface area (Å²) < 4.78 is 5.29. The first-order valence-electron chi connectivity index (χ1n) is 6.31. The molecule has 1 atom stereocenters. The van der Waals surface area contributed by atoms with Crippen molar-refractivity contribution in [2.24, 2.45) is 5.92 Å². The van der Waals surface area contributed by atoms with Crippen LogP contribution >= 0.6 is 0 Å². The molecule has 4 nitrogen and oxygen atoms in total. The van der Waals surface area contributed by atoms with Gasteiger partial charge in [0.2, 0.25) is 5.91 Å². The SMILES string of the molecule is CCC(C#N)C(=O)N(C)Cc1cc(C)ccc1OC. The maximum absolute atomic E-state index is 12.1. The van der Waals surface area contributed by atoms with E-state index >= 15 is 0 Å². The maximum atomic E-state index is 12.1. The summed E-state index contributed by atoms with van der Waals surface area (Å²) in [4.78, 5) is 13.6. The minimum atomic E-state index is -0.569. The number of nitrogens with zero attached hydrogens (tertiary/aromatic N) is 2. The molecule has 1 aromatic rings. The van der Waals surface area contributed by atoms with Gasteiger partial charge in [-0.15, -0.1) is 0 Å². The normalized spacial score (nSPS) is 11.5. The lowest BCUT2D eigenvalue weighted by Gasteiger charge is -2.21. The molecule has 0 spiro atoms. The highest BCUT2D eigenvalue weighted by atomic mass is 16.5. The predicted molar refractivity (Wildman–Crippen MR) is 73.6 cm³/mol. The average Bonchev–Trinajstić information content (AvgIpc) is 2.40. The number of methoxy groups -OCH3 is 1. The highest BCUT2D eigenvalue weighted by Gasteiger charge is 2.20. The quantitative estimate of drug-likeness (QED) is 0.817. The van der Waals surface area contributed by atoms with Gasteiger partial charge in [0.05, 0.1) is 13.2 Å². The molecule has 102 valence electrons. The van der Waals surface area contributed by atoms with Gasteiger partial charge < -0.3 is 9.64 Å². The van der Waals surface area contributed by atoms with Gasteiger partial charge in [-0.2, -0.15) is 5.26 Å². The van der Waals surface area contributed by atoms with Gasteiger partial charge in [-0.1, -0.05) is 24.6 Å². The van der Waals surface area contributed by atoms with Crippen molar-refractivity contribution in [3.63, 3.8) is 0 Å². The van der Waals surface area contributed by atoms with Crippen LogP contribution in [0, 0.1) is 24.2 Å². The molecule has 0 aliphatic heterocycles. The van der Waals surface area contributed by atoms with Crippen molar-refractivity contribution in [2.45, 2.75) is 26.8 Å². The van der Waals surface area contributed by atoms with Crippen molar-refractivity contribution < 1.29 is 9.53 Å². The number of carbonyl (C=O) groups is 1. The van der Waals surface area contributed by atoms with Gasteiger partial charge in [0.25, 0.3) is 0 Å². The fraction of sp³-hybridized carbons (Fsp3) is 0.467. The lowest BCUT2D eigenvalue weighted by molar-refractivity contribution is -0.133. The Labute approximate surface area is 114 Å². The van der Waals surface area contributed by atoms with Crippen LogP contribution in [0.25, 0.3) is 0 Å². The lowest BCUT2D eigenvalue weighted by Crippen LogP contribution is -2.31. The summed E-state index contributed by atoms with van der Waals surface area (Å²) >= 11 is 0. The second-order valence-electron chi connectivity index (χ2n) is 4.60. The zero-order valence-corrected chi connectivity index (χ0v) is 11.9. The van der Waals surface area contributed by atoms with Gasteiger partial charge in [0.1, 0.15) is 11.7 Å². The number of ether oxygens (including phenoxy) is 1. The van der Waals surface area contributed by atoms with Crippen LogP contribution in [0.2, 0.25) is 0 Å². The molecule has 0 aliphatic carbocycles. The zero-order valence-electron chi connectivity index (χ0n) is 11.9. The zero-order chi connectivity index (χ0) is 14.4. The van der Waals surface area contributed by atoms with E-state index in [4.69, 9.17) is 10.00 Å². The van der Waals surface area contributed by atoms with Crippen molar-refractivity contribution in [1.29, 1.82) is 5.26 Å². The monoisotopic (exact) mass is 260 g/mol. The van der Waals surface area contributed by atoms with E-state index in [9.17, 15) is 4.79 Å². The van der Waals surface area contributed by atoms with Gasteiger partial charge in [0.15, 0.2) is 0 Å². The molecular formula is C15H20N2O2. The summed E-state index contributed by atoms with van der Waals surface area (Å²) in [7, 11) is 3.32. The number of rotatable bonds is 5. The Morgan fingerprint density at radius 3 is 2.74 bits per heavy atom. The summed E-state index contributed by atoms with van der Waals surface area (Å²) in [5, 5.41) is 8.93. The Hall–Kier alpha value is -2.02. The van der Waals surface area contributed by atoms with E-state index in [-0.39, 0.29) is 5.91 Å². The van der Waals surface area contributed by atoms with E-state index in [1.54, 1.807) is 19.1 Å². The minimum Gasteiger partial charge on any atom is -0.496 e. The summed E-state index contributed by atoms with van der Waals surface area (Å²) in [5.41, 5.74) is 2.06. The van der Waals surface area contributed by atoms with Crippen molar-refractivity contribution >= 4 is 5.91 Å². The van der Waals surface area contributed by atoms with Crippen molar-refractivity contribution in [1.82, 2.24) is 4.90 Å². The molecular weight excluding hydrogens is 240 g/mol. The summed E-state index contributed by atoms with van der Waals surface area (Å²) in [6.45, 7) is 4.28. The van der Waals surface area contributed by atoms with Crippen molar-refractivity contribution in [3.05, 3.63) is 29.3 Å². The predicted octanol–water partition coefficient (Wildman–Crippen LogP) is 2.51. The molecule has 0 heterocycles. The van der Waals surface area contributed by atoms with E-state index in [1.165, 1.54) is 0 Å². The molecule has 1 unspecified atom stereocenters. The largest absolute Gasteiger partial charge is 0.496 e. The molecule has 1 amide bonds. The Bertz CT molecular complexity index is 491. The van der Waals surface area contributed by atoms with Gasteiger partial charge >= 0.3 is 0 Å². The van der Waals surface area contributed by atoms with E-state index in [0.717, 1.165) is 16.9 Å². The highest BCUT2D eigenvalue weighted by molar-refractivity contribution is 5.80. The molecule has 19 heavy (non-hydrogen) atoms. The fourth-order valence-electron chi connectivity index (χ4n) is 1.95. The molecule has 4 heteroatoms. The van der Waals surface area contributed by atoms with Crippen molar-refractivity contribution in [2.75, 3.05) is 14.2 Å². The minimum absolute atomic E-state index is 0.145. The van der Waals surface area contributed by atoms with Crippen LogP contribution in [0.5, 0.6) is 5.75 Å². The first kappa shape index (κ1) is 15.0. The first-order chi connectivity index (χ1) is 9.03. The second kappa shape index (κ2) is 6.79. The third-order valence-electron chi connectivity index (χ3n) is 3.08. The van der Waals surface area contributed by atoms with Gasteiger partial charge in [-0.05, 0) is 19.4 Å². The summed E-state index contributed by atoms with van der Waals surface area (Å²) in [6.07, 6.45) is 0.532. The van der Waals surface area contributed by atoms with Gasteiger partial charge in [-0.25, -0.2) is 0 Å². The van der Waals surface area contributed by atoms with Crippen LogP contribution in [0.15, 0.2) is 18.2 Å². The number of hydrogen-bond acceptors (Lipinski definition) is 3. The number of hydrogen-bond donors (Lipinski definition) is 0. The molecule has 0 radical (unpaired) electrons. The third kappa shape index (κ3) is 3.72. The van der Waals surface area contributed by atoms with Gasteiger partial charge in [-0.3, -0.25) is 4.79 Å². The molecule has 0 aliphatic rings. The summed E-state index contributed by atoms with van der Waals surface area (Å²) in [5.74, 6) is 0.0459. The number of amides is 1. The van der Waals surface area contributed by atoms with E-state index < -0.39 is 5.92 Å². The molecule has 0 aromatic heterocycles. The average molecular weight is 260 g/mol. The molecule has 1 rings (SSSR count). The molecule has 0 saturated heterocycles. The van der Waals surface area contributed by atoms with Crippen LogP contribution in [0.3, 0.4) is 0 Å². The highest BCUT2D eigenvalue weighted by Crippen LogP contribution is 2.21. The molecule has 1 aromatic carbocycles. The molecule has 0 saturated carbocycles. The van der Waals surface area contributed by atoms with Crippen LogP contribution in [0.1, 0.15) is 24.5 Å². The van der Waals surface area contributed by atoms with E-state index in [1.807, 2.05) is 38.1 Å². The molecule has 0 N–H and O–H groups in total.